The third-order valence-electron chi connectivity index (χ3n) is 4.73. The summed E-state index contributed by atoms with van der Waals surface area (Å²) in [6.07, 6.45) is 3.03. The highest BCUT2D eigenvalue weighted by molar-refractivity contribution is 9.10. The smallest absolute Gasteiger partial charge is 0.262 e. The predicted molar refractivity (Wildman–Crippen MR) is 125 cm³/mol. The molecule has 32 heavy (non-hydrogen) atoms. The second kappa shape index (κ2) is 11.2. The summed E-state index contributed by atoms with van der Waals surface area (Å²) in [4.78, 5) is 12.4. The highest BCUT2D eigenvalue weighted by Crippen LogP contribution is 2.26. The van der Waals surface area contributed by atoms with Gasteiger partial charge in [-0.1, -0.05) is 22.0 Å². The molecule has 0 radical (unpaired) electrons. The molecule has 1 aromatic heterocycles. The number of aryl methyl sites for hydroxylation is 2. The molecule has 6 nitrogen and oxygen atoms in total. The molecule has 0 aliphatic carbocycles. The molecule has 0 saturated carbocycles. The van der Waals surface area contributed by atoms with E-state index in [-0.39, 0.29) is 12.1 Å². The summed E-state index contributed by atoms with van der Waals surface area (Å²) >= 11 is 3.42. The Morgan fingerprint density at radius 1 is 1.12 bits per heavy atom. The third-order valence-corrected chi connectivity index (χ3v) is 5.22. The zero-order valence-corrected chi connectivity index (χ0v) is 19.4. The standard InChI is InChI=1S/C25H23BrN2O4/c1-17-5-7-22(12-18(17)2)31-10-11-32-24-8-6-21(26)14-19(24)13-20(15-27)25(29)28-16-23-4-3-9-30-23/h3-9,12-14H,10-11,16H2,1-2H3,(H,28,29). The molecular formula is C25H23BrN2O4. The highest BCUT2D eigenvalue weighted by atomic mass is 79.9. The normalized spacial score (nSPS) is 11.0. The number of amides is 1. The van der Waals surface area contributed by atoms with E-state index >= 15 is 0 Å². The van der Waals surface area contributed by atoms with Crippen molar-refractivity contribution >= 4 is 27.9 Å². The minimum Gasteiger partial charge on any atom is -0.490 e. The Morgan fingerprint density at radius 3 is 2.66 bits per heavy atom. The number of carbonyl (C=O) groups excluding carboxylic acids is 1. The molecule has 0 atom stereocenters. The second-order valence-electron chi connectivity index (χ2n) is 7.06. The summed E-state index contributed by atoms with van der Waals surface area (Å²) in [6.45, 7) is 4.95. The van der Waals surface area contributed by atoms with Crippen LogP contribution in [0.4, 0.5) is 0 Å². The number of hydrogen-bond acceptors (Lipinski definition) is 5. The van der Waals surface area contributed by atoms with Gasteiger partial charge >= 0.3 is 0 Å². The Balaban J connectivity index is 1.64. The largest absolute Gasteiger partial charge is 0.490 e. The molecule has 1 amide bonds. The van der Waals surface area contributed by atoms with E-state index in [1.807, 2.05) is 37.3 Å². The molecule has 0 fully saturated rings. The fraction of sp³-hybridized carbons (Fsp3) is 0.200. The van der Waals surface area contributed by atoms with Gasteiger partial charge in [0.05, 0.1) is 12.8 Å². The van der Waals surface area contributed by atoms with Gasteiger partial charge in [0.15, 0.2) is 0 Å². The van der Waals surface area contributed by atoms with Crippen LogP contribution in [0.1, 0.15) is 22.5 Å². The monoisotopic (exact) mass is 494 g/mol. The van der Waals surface area contributed by atoms with Gasteiger partial charge in [-0.15, -0.1) is 0 Å². The van der Waals surface area contributed by atoms with Crippen LogP contribution in [0.2, 0.25) is 0 Å². The van der Waals surface area contributed by atoms with Crippen LogP contribution in [0, 0.1) is 25.2 Å². The first-order valence-corrected chi connectivity index (χ1v) is 10.8. The van der Waals surface area contributed by atoms with E-state index in [0.717, 1.165) is 15.8 Å². The molecule has 3 rings (SSSR count). The van der Waals surface area contributed by atoms with Crippen molar-refractivity contribution in [3.8, 4) is 17.6 Å². The number of halogens is 1. The molecule has 0 unspecified atom stereocenters. The predicted octanol–water partition coefficient (Wildman–Crippen LogP) is 5.34. The Labute approximate surface area is 195 Å². The Hall–Kier alpha value is -3.50. The summed E-state index contributed by atoms with van der Waals surface area (Å²) in [5.41, 5.74) is 2.95. The van der Waals surface area contributed by atoms with E-state index < -0.39 is 5.91 Å². The van der Waals surface area contributed by atoms with E-state index in [2.05, 4.69) is 28.2 Å². The Morgan fingerprint density at radius 2 is 1.94 bits per heavy atom. The van der Waals surface area contributed by atoms with Gasteiger partial charge in [-0.05, 0) is 73.5 Å². The van der Waals surface area contributed by atoms with Crippen molar-refractivity contribution in [2.24, 2.45) is 0 Å². The number of rotatable bonds is 9. The number of nitrogens with zero attached hydrogens (tertiary/aromatic N) is 1. The maximum atomic E-state index is 12.4. The second-order valence-corrected chi connectivity index (χ2v) is 7.97. The number of ether oxygens (including phenoxy) is 2. The molecule has 2 aromatic carbocycles. The van der Waals surface area contributed by atoms with Crippen LogP contribution in [-0.4, -0.2) is 19.1 Å². The number of nitriles is 1. The van der Waals surface area contributed by atoms with Gasteiger partial charge < -0.3 is 19.2 Å². The summed E-state index contributed by atoms with van der Waals surface area (Å²) in [6, 6.07) is 16.8. The molecule has 0 spiro atoms. The SMILES string of the molecule is Cc1ccc(OCCOc2ccc(Br)cc2C=C(C#N)C(=O)NCc2ccco2)cc1C. The van der Waals surface area contributed by atoms with Crippen molar-refractivity contribution in [1.82, 2.24) is 5.32 Å². The average molecular weight is 495 g/mol. The van der Waals surface area contributed by atoms with Gasteiger partial charge in [-0.2, -0.15) is 5.26 Å². The van der Waals surface area contributed by atoms with Crippen molar-refractivity contribution in [2.75, 3.05) is 13.2 Å². The summed E-state index contributed by atoms with van der Waals surface area (Å²) in [7, 11) is 0. The fourth-order valence-corrected chi connectivity index (χ4v) is 3.24. The Bertz CT molecular complexity index is 1150. The molecule has 7 heteroatoms. The first-order valence-electron chi connectivity index (χ1n) is 10.0. The van der Waals surface area contributed by atoms with Crippen LogP contribution >= 0.6 is 15.9 Å². The lowest BCUT2D eigenvalue weighted by atomic mass is 10.1. The van der Waals surface area contributed by atoms with Crippen molar-refractivity contribution in [3.63, 3.8) is 0 Å². The molecule has 0 aliphatic rings. The van der Waals surface area contributed by atoms with Gasteiger partial charge in [0.1, 0.15) is 42.1 Å². The van der Waals surface area contributed by atoms with Gasteiger partial charge in [0, 0.05) is 10.0 Å². The zero-order valence-electron chi connectivity index (χ0n) is 17.9. The summed E-state index contributed by atoms with van der Waals surface area (Å²) in [5, 5.41) is 12.2. The minimum absolute atomic E-state index is 0.0362. The van der Waals surface area contributed by atoms with Gasteiger partial charge in [0.2, 0.25) is 0 Å². The molecular weight excluding hydrogens is 472 g/mol. The maximum absolute atomic E-state index is 12.4. The molecule has 0 bridgehead atoms. The van der Waals surface area contributed by atoms with E-state index in [9.17, 15) is 10.1 Å². The maximum Gasteiger partial charge on any atom is 0.262 e. The van der Waals surface area contributed by atoms with Gasteiger partial charge in [0.25, 0.3) is 5.91 Å². The van der Waals surface area contributed by atoms with Crippen LogP contribution in [0.15, 0.2) is 69.3 Å². The first kappa shape index (κ1) is 23.2. The molecule has 0 saturated heterocycles. The molecule has 1 heterocycles. The topological polar surface area (TPSA) is 84.5 Å². The van der Waals surface area contributed by atoms with E-state index in [0.29, 0.717) is 30.3 Å². The quantitative estimate of drug-likeness (QED) is 0.246. The number of hydrogen-bond donors (Lipinski definition) is 1. The number of furan rings is 1. The van der Waals surface area contributed by atoms with Crippen LogP contribution in [0.3, 0.4) is 0 Å². The van der Waals surface area contributed by atoms with Crippen molar-refractivity contribution in [3.05, 3.63) is 87.3 Å². The average Bonchev–Trinajstić information content (AvgIpc) is 3.30. The number of carbonyl (C=O) groups is 1. The van der Waals surface area contributed by atoms with Crippen LogP contribution in [0.25, 0.3) is 6.08 Å². The molecule has 1 N–H and O–H groups in total. The van der Waals surface area contributed by atoms with Crippen molar-refractivity contribution in [2.45, 2.75) is 20.4 Å². The lowest BCUT2D eigenvalue weighted by Gasteiger charge is -2.12. The molecule has 3 aromatic rings. The third kappa shape index (κ3) is 6.50. The van der Waals surface area contributed by atoms with E-state index in [1.165, 1.54) is 17.9 Å². The van der Waals surface area contributed by atoms with E-state index in [4.69, 9.17) is 13.9 Å². The molecule has 164 valence electrons. The first-order chi connectivity index (χ1) is 15.5. The number of benzene rings is 2. The van der Waals surface area contributed by atoms with E-state index in [1.54, 1.807) is 24.3 Å². The fourth-order valence-electron chi connectivity index (χ4n) is 2.86. The van der Waals surface area contributed by atoms with Crippen molar-refractivity contribution in [1.29, 1.82) is 5.26 Å². The summed E-state index contributed by atoms with van der Waals surface area (Å²) < 4.78 is 17.6. The van der Waals surface area contributed by atoms with Crippen molar-refractivity contribution < 1.29 is 18.7 Å². The van der Waals surface area contributed by atoms with Crippen LogP contribution in [0.5, 0.6) is 11.5 Å². The Kier molecular flexibility index (Phi) is 8.12. The number of nitrogens with one attached hydrogen (secondary N) is 1. The zero-order chi connectivity index (χ0) is 22.9. The summed E-state index contributed by atoms with van der Waals surface area (Å²) in [5.74, 6) is 1.44. The minimum atomic E-state index is -0.493. The van der Waals surface area contributed by atoms with Gasteiger partial charge in [-0.25, -0.2) is 0 Å². The van der Waals surface area contributed by atoms with Gasteiger partial charge in [-0.3, -0.25) is 4.79 Å². The van der Waals surface area contributed by atoms with Crippen LogP contribution in [-0.2, 0) is 11.3 Å². The highest BCUT2D eigenvalue weighted by Gasteiger charge is 2.12. The molecule has 0 aliphatic heterocycles. The lowest BCUT2D eigenvalue weighted by Crippen LogP contribution is -2.23. The lowest BCUT2D eigenvalue weighted by molar-refractivity contribution is -0.117. The van der Waals surface area contributed by atoms with Crippen LogP contribution < -0.4 is 14.8 Å².